The Bertz CT molecular complexity index is 444. The minimum absolute atomic E-state index is 0. The van der Waals surface area contributed by atoms with Gasteiger partial charge in [0.05, 0.1) is 5.56 Å². The van der Waals surface area contributed by atoms with Crippen molar-refractivity contribution < 1.29 is 54.1 Å². The van der Waals surface area contributed by atoms with Crippen LogP contribution in [0.25, 0.3) is 0 Å². The van der Waals surface area contributed by atoms with E-state index < -0.39 is 26.5 Å². The summed E-state index contributed by atoms with van der Waals surface area (Å²) < 4.78 is 29.9. The van der Waals surface area contributed by atoms with Crippen LogP contribution in [0.4, 0.5) is 0 Å². The van der Waals surface area contributed by atoms with Gasteiger partial charge in [-0.2, -0.15) is 8.42 Å². The van der Waals surface area contributed by atoms with Gasteiger partial charge >= 0.3 is 24.8 Å². The first kappa shape index (κ1) is 16.9. The molecule has 0 atom stereocenters. The molecule has 0 aromatic heterocycles. The summed E-state index contributed by atoms with van der Waals surface area (Å²) in [4.78, 5) is 9.90. The second-order valence-corrected chi connectivity index (χ2v) is 3.67. The molecule has 0 fully saturated rings. The van der Waals surface area contributed by atoms with E-state index >= 15 is 0 Å². The summed E-state index contributed by atoms with van der Waals surface area (Å²) in [5.41, 5.74) is -0.440. The summed E-state index contributed by atoms with van der Waals surface area (Å²) in [6.07, 6.45) is 0. The SMILES string of the molecule is O=C(O)c1ccccc1S(=O)(=O)O.[Cl-].[Li+]. The van der Waals surface area contributed by atoms with Crippen molar-refractivity contribution in [2.24, 2.45) is 0 Å². The number of carboxylic acids is 1. The molecule has 1 rings (SSSR count). The number of carbonyl (C=O) groups is 1. The van der Waals surface area contributed by atoms with Gasteiger partial charge in [-0.15, -0.1) is 0 Å². The van der Waals surface area contributed by atoms with E-state index in [4.69, 9.17) is 9.66 Å². The summed E-state index contributed by atoms with van der Waals surface area (Å²) in [6.45, 7) is 0. The fraction of sp³-hybridized carbons (Fsp3) is 0. The molecule has 0 unspecified atom stereocenters. The molecule has 0 saturated carbocycles. The fourth-order valence-electron chi connectivity index (χ4n) is 0.868. The van der Waals surface area contributed by atoms with Gasteiger partial charge in [0.15, 0.2) is 0 Å². The van der Waals surface area contributed by atoms with Crippen molar-refractivity contribution in [2.45, 2.75) is 4.90 Å². The maximum Gasteiger partial charge on any atom is 1.00 e. The van der Waals surface area contributed by atoms with Crippen molar-refractivity contribution in [3.63, 3.8) is 0 Å². The van der Waals surface area contributed by atoms with Crippen LogP contribution in [0.2, 0.25) is 0 Å². The Kier molecular flexibility index (Phi) is 6.93. The van der Waals surface area contributed by atoms with Crippen LogP contribution >= 0.6 is 0 Å². The van der Waals surface area contributed by atoms with E-state index in [2.05, 4.69) is 0 Å². The molecule has 78 valence electrons. The minimum Gasteiger partial charge on any atom is -1.00 e. The molecule has 0 heterocycles. The Balaban J connectivity index is 0. The number of hydrogen-bond acceptors (Lipinski definition) is 3. The third-order valence-electron chi connectivity index (χ3n) is 1.40. The molecule has 5 nitrogen and oxygen atoms in total. The minimum atomic E-state index is -4.46. The van der Waals surface area contributed by atoms with Gasteiger partial charge in [-0.05, 0) is 12.1 Å². The smallest absolute Gasteiger partial charge is 1.00 e. The largest absolute Gasteiger partial charge is 1.00 e. The van der Waals surface area contributed by atoms with Crippen molar-refractivity contribution in [1.29, 1.82) is 0 Å². The fourth-order valence-corrected chi connectivity index (χ4v) is 1.55. The zero-order chi connectivity index (χ0) is 10.1. The Morgan fingerprint density at radius 1 is 1.20 bits per heavy atom. The normalized spacial score (nSPS) is 9.67. The van der Waals surface area contributed by atoms with E-state index in [-0.39, 0.29) is 31.3 Å². The Morgan fingerprint density at radius 2 is 1.67 bits per heavy atom. The van der Waals surface area contributed by atoms with Gasteiger partial charge in [0.25, 0.3) is 10.1 Å². The van der Waals surface area contributed by atoms with Crippen LogP contribution in [0.5, 0.6) is 0 Å². The molecule has 2 N–H and O–H groups in total. The molecule has 8 heteroatoms. The topological polar surface area (TPSA) is 91.7 Å². The average Bonchev–Trinajstić information content (AvgIpc) is 2.03. The summed E-state index contributed by atoms with van der Waals surface area (Å²) in [5.74, 6) is -1.40. The molecule has 0 spiro atoms. The van der Waals surface area contributed by atoms with Crippen LogP contribution in [0.1, 0.15) is 10.4 Å². The van der Waals surface area contributed by atoms with Gasteiger partial charge in [0, 0.05) is 0 Å². The van der Waals surface area contributed by atoms with Gasteiger partial charge in [0.2, 0.25) is 0 Å². The molecule has 0 aliphatic heterocycles. The second kappa shape index (κ2) is 6.15. The van der Waals surface area contributed by atoms with Crippen LogP contribution in [-0.2, 0) is 10.1 Å². The van der Waals surface area contributed by atoms with Crippen LogP contribution < -0.4 is 31.3 Å². The predicted octanol–water partition coefficient (Wildman–Crippen LogP) is -5.36. The first-order valence-corrected chi connectivity index (χ1v) is 4.67. The van der Waals surface area contributed by atoms with E-state index in [0.717, 1.165) is 12.1 Å². The molecule has 0 aliphatic carbocycles. The summed E-state index contributed by atoms with van der Waals surface area (Å²) in [7, 11) is -4.46. The molecule has 0 radical (unpaired) electrons. The van der Waals surface area contributed by atoms with E-state index in [1.165, 1.54) is 12.1 Å². The number of aromatic carboxylic acids is 1. The van der Waals surface area contributed by atoms with E-state index in [1.54, 1.807) is 0 Å². The summed E-state index contributed by atoms with van der Waals surface area (Å²) >= 11 is 0. The van der Waals surface area contributed by atoms with Gasteiger partial charge in [-0.25, -0.2) is 4.79 Å². The van der Waals surface area contributed by atoms with E-state index in [0.29, 0.717) is 0 Å². The third kappa shape index (κ3) is 4.24. The second-order valence-electron chi connectivity index (χ2n) is 2.28. The monoisotopic (exact) mass is 244 g/mol. The molecule has 1 aromatic rings. The number of carboxylic acid groups (broad SMARTS) is 1. The third-order valence-corrected chi connectivity index (χ3v) is 2.31. The molecule has 0 aliphatic rings. The zero-order valence-corrected chi connectivity index (χ0v) is 9.29. The number of hydrogen-bond donors (Lipinski definition) is 2. The standard InChI is InChI=1S/C7H6O5S.ClH.Li/c8-7(9)5-3-1-2-4-6(5)13(10,11)12;;/h1-4H,(H,8,9)(H,10,11,12);1H;/q;;+1/p-1. The molecule has 0 amide bonds. The van der Waals surface area contributed by atoms with E-state index in [9.17, 15) is 13.2 Å². The predicted molar refractivity (Wildman–Crippen MR) is 43.2 cm³/mol. The molecule has 15 heavy (non-hydrogen) atoms. The molecule has 0 bridgehead atoms. The van der Waals surface area contributed by atoms with Gasteiger partial charge in [-0.1, -0.05) is 12.1 Å². The van der Waals surface area contributed by atoms with Crippen molar-refractivity contribution in [2.75, 3.05) is 0 Å². The number of benzene rings is 1. The van der Waals surface area contributed by atoms with Crippen LogP contribution in [-0.4, -0.2) is 24.0 Å². The number of halogens is 1. The van der Waals surface area contributed by atoms with Crippen molar-refractivity contribution >= 4 is 16.1 Å². The maximum atomic E-state index is 10.7. The molecule has 0 saturated heterocycles. The van der Waals surface area contributed by atoms with E-state index in [1.807, 2.05) is 0 Å². The first-order chi connectivity index (χ1) is 5.93. The van der Waals surface area contributed by atoms with Crippen LogP contribution in [0.15, 0.2) is 29.2 Å². The average molecular weight is 245 g/mol. The van der Waals surface area contributed by atoms with Crippen LogP contribution in [0, 0.1) is 0 Å². The number of rotatable bonds is 2. The van der Waals surface area contributed by atoms with Crippen molar-refractivity contribution in [3.05, 3.63) is 29.8 Å². The molecular weight excluding hydrogens is 239 g/mol. The summed E-state index contributed by atoms with van der Waals surface area (Å²) in [6, 6.07) is 4.83. The zero-order valence-electron chi connectivity index (χ0n) is 7.71. The first-order valence-electron chi connectivity index (χ1n) is 3.23. The maximum absolute atomic E-state index is 10.7. The Morgan fingerprint density at radius 3 is 2.00 bits per heavy atom. The van der Waals surface area contributed by atoms with Gasteiger partial charge in [0.1, 0.15) is 4.90 Å². The molecule has 1 aromatic carbocycles. The van der Waals surface area contributed by atoms with Gasteiger partial charge < -0.3 is 17.5 Å². The van der Waals surface area contributed by atoms with Crippen molar-refractivity contribution in [1.82, 2.24) is 0 Å². The molecular formula is C7H6ClLiO5S. The van der Waals surface area contributed by atoms with Crippen molar-refractivity contribution in [3.8, 4) is 0 Å². The Labute approximate surface area is 105 Å². The Hall–Kier alpha value is -0.513. The van der Waals surface area contributed by atoms with Crippen LogP contribution in [0.3, 0.4) is 0 Å². The van der Waals surface area contributed by atoms with Gasteiger partial charge in [-0.3, -0.25) is 4.55 Å². The quantitative estimate of drug-likeness (QED) is 0.400. The summed E-state index contributed by atoms with van der Waals surface area (Å²) in [5, 5.41) is 8.55.